The van der Waals surface area contributed by atoms with Gasteiger partial charge >= 0.3 is 12.1 Å². The summed E-state index contributed by atoms with van der Waals surface area (Å²) < 4.78 is 52.2. The number of nitrogens with zero attached hydrogens (tertiary/aromatic N) is 2. The first-order chi connectivity index (χ1) is 23.7. The van der Waals surface area contributed by atoms with Crippen molar-refractivity contribution in [3.05, 3.63) is 119 Å². The predicted octanol–water partition coefficient (Wildman–Crippen LogP) is 6.75. The number of ether oxygens (including phenoxy) is 2. The number of aromatic nitrogens is 1. The summed E-state index contributed by atoms with van der Waals surface area (Å²) in [6.07, 6.45) is -3.10. The molecule has 2 aliphatic heterocycles. The molecule has 2 N–H and O–H groups in total. The van der Waals surface area contributed by atoms with Gasteiger partial charge in [-0.05, 0) is 52.8 Å². The Morgan fingerprint density at radius 3 is 2.39 bits per heavy atom. The third kappa shape index (κ3) is 8.50. The number of rotatable bonds is 10. The monoisotopic (exact) mass is 691 g/mol. The zero-order valence-corrected chi connectivity index (χ0v) is 27.3. The van der Waals surface area contributed by atoms with Gasteiger partial charge in [0.25, 0.3) is 0 Å². The van der Waals surface area contributed by atoms with Gasteiger partial charge in [0.2, 0.25) is 5.91 Å². The summed E-state index contributed by atoms with van der Waals surface area (Å²) in [6, 6.07) is 27.6. The Bertz CT molecular complexity index is 1720. The van der Waals surface area contributed by atoms with Crippen molar-refractivity contribution in [3.63, 3.8) is 0 Å². The molecule has 4 aromatic rings. The number of carbonyl (C=O) groups is 2. The maximum atomic E-state index is 13.1. The first kappa shape index (κ1) is 34.6. The van der Waals surface area contributed by atoms with Crippen LogP contribution in [0.3, 0.4) is 0 Å². The first-order valence-corrected chi connectivity index (χ1v) is 17.1. The number of hydrogen-bond acceptors (Lipinski definition) is 7. The quantitative estimate of drug-likeness (QED) is 0.178. The number of aliphatic hydroxyl groups excluding tert-OH is 1. The fraction of sp³-hybridized carbons (Fsp3) is 0.324. The van der Waals surface area contributed by atoms with Crippen LogP contribution in [0, 0.1) is 0 Å². The highest BCUT2D eigenvalue weighted by molar-refractivity contribution is 7.99. The minimum absolute atomic E-state index is 0.0369. The predicted molar refractivity (Wildman–Crippen MR) is 178 cm³/mol. The largest absolute Gasteiger partial charge is 0.471 e. The van der Waals surface area contributed by atoms with Gasteiger partial charge in [0.05, 0.1) is 23.8 Å². The molecule has 0 aliphatic carbocycles. The zero-order valence-electron chi connectivity index (χ0n) is 26.5. The molecule has 0 spiro atoms. The molecule has 4 atom stereocenters. The molecule has 3 heterocycles. The second-order valence-corrected chi connectivity index (χ2v) is 13.0. The molecule has 8 nitrogen and oxygen atoms in total. The van der Waals surface area contributed by atoms with Crippen LogP contribution in [-0.4, -0.2) is 57.4 Å². The van der Waals surface area contributed by atoms with Crippen LogP contribution in [0.2, 0.25) is 0 Å². The van der Waals surface area contributed by atoms with Gasteiger partial charge in [0, 0.05) is 37.0 Å². The number of halogens is 3. The van der Waals surface area contributed by atoms with E-state index in [9.17, 15) is 27.9 Å². The van der Waals surface area contributed by atoms with Gasteiger partial charge in [-0.1, -0.05) is 78.9 Å². The van der Waals surface area contributed by atoms with Crippen LogP contribution in [0.5, 0.6) is 0 Å². The minimum Gasteiger partial charge on any atom is -0.392 e. The molecule has 3 aromatic carbocycles. The molecule has 6 rings (SSSR count). The van der Waals surface area contributed by atoms with Crippen LogP contribution in [0.15, 0.2) is 102 Å². The topological polar surface area (TPSA) is 101 Å². The molecule has 256 valence electrons. The fourth-order valence-corrected chi connectivity index (χ4v) is 7.04. The van der Waals surface area contributed by atoms with Crippen LogP contribution >= 0.6 is 11.8 Å². The van der Waals surface area contributed by atoms with Crippen LogP contribution < -0.4 is 5.32 Å². The summed E-state index contributed by atoms with van der Waals surface area (Å²) in [7, 11) is 0. The second-order valence-electron chi connectivity index (χ2n) is 12.0. The lowest BCUT2D eigenvalue weighted by molar-refractivity contribution is -0.245. The Morgan fingerprint density at radius 2 is 1.67 bits per heavy atom. The third-order valence-electron chi connectivity index (χ3n) is 8.69. The number of alkyl halides is 3. The number of amides is 2. The highest BCUT2D eigenvalue weighted by Gasteiger charge is 2.47. The first-order valence-electron chi connectivity index (χ1n) is 16.1. The molecule has 0 bridgehead atoms. The Kier molecular flexibility index (Phi) is 11.0. The van der Waals surface area contributed by atoms with Crippen LogP contribution in [0.25, 0.3) is 11.1 Å². The summed E-state index contributed by atoms with van der Waals surface area (Å²) in [6.45, 7) is -0.0539. The van der Waals surface area contributed by atoms with Crippen molar-refractivity contribution < 1.29 is 37.3 Å². The normalized spacial score (nSPS) is 21.0. The number of nitrogens with one attached hydrogen (secondary N) is 1. The molecule has 2 fully saturated rings. The molecule has 1 aromatic heterocycles. The molecule has 12 heteroatoms. The number of hydrogen-bond donors (Lipinski definition) is 2. The molecule has 0 saturated carbocycles. The SMILES string of the molecule is O=C(NCc1ccccc1-c1ccc([C@@H]2O[C@H](CSc3ccccn3)C[C@H](c3ccc(CO)cc3)O2)cc1)[C@@H]1CCCN1C(=O)C(F)(F)F. The standard InChI is InChI=1S/C37H36F3N3O5S/c38-37(39,40)36(46)43-19-5-8-31(43)34(45)42-21-28-6-1-2-7-30(28)25-14-16-27(17-15-25)35-47-29(23-49-33-9-3-4-18-41-33)20-32(48-35)26-12-10-24(22-44)11-13-26/h1-4,6-7,9-18,29,31-32,35,44H,5,8,19-23H2,(H,42,45)/t29-,31-,32+,35+/m0/s1. The molecule has 0 unspecified atom stereocenters. The molecule has 2 aliphatic rings. The van der Waals surface area contributed by atoms with E-state index in [0.717, 1.165) is 38.4 Å². The summed E-state index contributed by atoms with van der Waals surface area (Å²) in [5.41, 5.74) is 5.14. The molecular weight excluding hydrogens is 655 g/mol. The van der Waals surface area contributed by atoms with Crippen LogP contribution in [0.4, 0.5) is 13.2 Å². The third-order valence-corrected chi connectivity index (χ3v) is 9.77. The lowest BCUT2D eigenvalue weighted by Gasteiger charge is -2.36. The van der Waals surface area contributed by atoms with Gasteiger partial charge < -0.3 is 24.8 Å². The van der Waals surface area contributed by atoms with Crippen molar-refractivity contribution in [2.45, 2.75) is 68.2 Å². The van der Waals surface area contributed by atoms with Gasteiger partial charge in [0.15, 0.2) is 6.29 Å². The molecule has 49 heavy (non-hydrogen) atoms. The lowest BCUT2D eigenvalue weighted by atomic mass is 9.97. The van der Waals surface area contributed by atoms with Gasteiger partial charge in [-0.3, -0.25) is 9.59 Å². The summed E-state index contributed by atoms with van der Waals surface area (Å²) in [5, 5.41) is 13.2. The molecule has 2 saturated heterocycles. The van der Waals surface area contributed by atoms with E-state index in [0.29, 0.717) is 23.5 Å². The van der Waals surface area contributed by atoms with E-state index in [2.05, 4.69) is 10.3 Å². The molecular formula is C37H36F3N3O5S. The molecule has 0 radical (unpaired) electrons. The number of thioether (sulfide) groups is 1. The van der Waals surface area contributed by atoms with E-state index in [-0.39, 0.29) is 38.3 Å². The van der Waals surface area contributed by atoms with Crippen molar-refractivity contribution in [2.75, 3.05) is 12.3 Å². The highest BCUT2D eigenvalue weighted by atomic mass is 32.2. The minimum atomic E-state index is -5.03. The van der Waals surface area contributed by atoms with Crippen molar-refractivity contribution in [3.8, 4) is 11.1 Å². The summed E-state index contributed by atoms with van der Waals surface area (Å²) in [5.74, 6) is -1.91. The maximum absolute atomic E-state index is 13.1. The van der Waals surface area contributed by atoms with E-state index in [1.165, 1.54) is 0 Å². The summed E-state index contributed by atoms with van der Waals surface area (Å²) in [4.78, 5) is 29.8. The maximum Gasteiger partial charge on any atom is 0.471 e. The average Bonchev–Trinajstić information content (AvgIpc) is 3.63. The van der Waals surface area contributed by atoms with E-state index < -0.39 is 30.3 Å². The number of benzene rings is 3. The Balaban J connectivity index is 1.16. The van der Waals surface area contributed by atoms with E-state index >= 15 is 0 Å². The number of pyridine rings is 1. The number of aliphatic hydroxyl groups is 1. The zero-order chi connectivity index (χ0) is 34.4. The van der Waals surface area contributed by atoms with E-state index in [1.807, 2.05) is 91.0 Å². The smallest absolute Gasteiger partial charge is 0.392 e. The van der Waals surface area contributed by atoms with Crippen molar-refractivity contribution in [1.82, 2.24) is 15.2 Å². The van der Waals surface area contributed by atoms with Crippen molar-refractivity contribution in [2.24, 2.45) is 0 Å². The Hall–Kier alpha value is -4.23. The van der Waals surface area contributed by atoms with Gasteiger partial charge in [-0.25, -0.2) is 4.98 Å². The summed E-state index contributed by atoms with van der Waals surface area (Å²) >= 11 is 1.62. The van der Waals surface area contributed by atoms with Crippen molar-refractivity contribution in [1.29, 1.82) is 0 Å². The van der Waals surface area contributed by atoms with Gasteiger partial charge in [-0.2, -0.15) is 13.2 Å². The second kappa shape index (κ2) is 15.5. The van der Waals surface area contributed by atoms with Gasteiger partial charge in [0.1, 0.15) is 6.04 Å². The van der Waals surface area contributed by atoms with Gasteiger partial charge in [-0.15, -0.1) is 11.8 Å². The number of carbonyl (C=O) groups excluding carboxylic acids is 2. The van der Waals surface area contributed by atoms with E-state index in [4.69, 9.17) is 9.47 Å². The van der Waals surface area contributed by atoms with Crippen molar-refractivity contribution >= 4 is 23.6 Å². The van der Waals surface area contributed by atoms with E-state index in [1.54, 1.807) is 18.0 Å². The fourth-order valence-electron chi connectivity index (χ4n) is 6.15. The average molecular weight is 692 g/mol. The number of likely N-dealkylation sites (tertiary alicyclic amines) is 1. The lowest BCUT2D eigenvalue weighted by Crippen LogP contribution is -2.50. The Labute approximate surface area is 286 Å². The highest BCUT2D eigenvalue weighted by Crippen LogP contribution is 2.40. The van der Waals surface area contributed by atoms with Crippen LogP contribution in [0.1, 0.15) is 53.9 Å². The van der Waals surface area contributed by atoms with Crippen LogP contribution in [-0.2, 0) is 32.2 Å². The Morgan fingerprint density at radius 1 is 0.939 bits per heavy atom. The molecule has 2 amide bonds.